The predicted octanol–water partition coefficient (Wildman–Crippen LogP) is 1.11. The molecule has 1 amide bonds. The number of carboxylic acid groups (broad SMARTS) is 1. The monoisotopic (exact) mass is 288 g/mol. The fourth-order valence-corrected chi connectivity index (χ4v) is 1.77. The summed E-state index contributed by atoms with van der Waals surface area (Å²) >= 11 is 0. The lowest BCUT2D eigenvalue weighted by atomic mass is 10.1. The van der Waals surface area contributed by atoms with Crippen LogP contribution in [-0.2, 0) is 4.79 Å². The largest absolute Gasteiger partial charge is 0.481 e. The van der Waals surface area contributed by atoms with Crippen molar-refractivity contribution in [2.75, 3.05) is 6.54 Å². The number of hydrogen-bond donors (Lipinski definition) is 2. The van der Waals surface area contributed by atoms with E-state index in [1.807, 2.05) is 30.3 Å². The number of amides is 1. The molecular formula is C14H16N4O3. The molecule has 0 saturated heterocycles. The Balaban J connectivity index is 2.01. The van der Waals surface area contributed by atoms with Crippen molar-refractivity contribution in [2.24, 2.45) is 5.92 Å². The molecule has 1 atom stereocenters. The van der Waals surface area contributed by atoms with Crippen molar-refractivity contribution in [3.05, 3.63) is 42.2 Å². The smallest absolute Gasteiger partial charge is 0.308 e. The minimum atomic E-state index is -0.925. The number of para-hydroxylation sites is 1. The Morgan fingerprint density at radius 2 is 2.05 bits per heavy atom. The molecule has 1 unspecified atom stereocenters. The summed E-state index contributed by atoms with van der Waals surface area (Å²) in [5.74, 6) is -1.96. The van der Waals surface area contributed by atoms with Gasteiger partial charge in [-0.15, -0.1) is 5.10 Å². The number of nitrogens with one attached hydrogen (secondary N) is 1. The highest BCUT2D eigenvalue weighted by atomic mass is 16.4. The molecule has 0 aliphatic heterocycles. The van der Waals surface area contributed by atoms with Crippen LogP contribution < -0.4 is 5.32 Å². The van der Waals surface area contributed by atoms with E-state index in [1.54, 1.807) is 6.92 Å². The molecule has 0 aliphatic carbocycles. The number of rotatable bonds is 6. The molecule has 0 radical (unpaired) electrons. The summed E-state index contributed by atoms with van der Waals surface area (Å²) in [6, 6.07) is 9.20. The molecule has 0 saturated carbocycles. The molecule has 2 rings (SSSR count). The summed E-state index contributed by atoms with van der Waals surface area (Å²) in [5, 5.41) is 19.6. The molecule has 2 aromatic rings. The highest BCUT2D eigenvalue weighted by molar-refractivity contribution is 5.92. The first-order valence-electron chi connectivity index (χ1n) is 6.60. The van der Waals surface area contributed by atoms with Gasteiger partial charge in [0, 0.05) is 6.54 Å². The zero-order valence-corrected chi connectivity index (χ0v) is 11.6. The summed E-state index contributed by atoms with van der Waals surface area (Å²) in [6.07, 6.45) is 1.80. The van der Waals surface area contributed by atoms with Gasteiger partial charge in [-0.3, -0.25) is 9.59 Å². The van der Waals surface area contributed by atoms with Gasteiger partial charge in [-0.25, -0.2) is 0 Å². The molecule has 110 valence electrons. The molecular weight excluding hydrogens is 272 g/mol. The number of carbonyl (C=O) groups is 2. The van der Waals surface area contributed by atoms with E-state index in [0.717, 1.165) is 5.69 Å². The lowest BCUT2D eigenvalue weighted by Gasteiger charge is -2.09. The zero-order valence-electron chi connectivity index (χ0n) is 11.6. The van der Waals surface area contributed by atoms with Gasteiger partial charge >= 0.3 is 5.97 Å². The van der Waals surface area contributed by atoms with Crippen LogP contribution in [0.3, 0.4) is 0 Å². The summed E-state index contributed by atoms with van der Waals surface area (Å²) in [4.78, 5) is 24.1. The molecule has 1 heterocycles. The minimum absolute atomic E-state index is 0.0723. The Bertz CT molecular complexity index is 624. The fraction of sp³-hybridized carbons (Fsp3) is 0.286. The minimum Gasteiger partial charge on any atom is -0.481 e. The Hall–Kier alpha value is -2.70. The Morgan fingerprint density at radius 3 is 2.67 bits per heavy atom. The number of benzene rings is 1. The lowest BCUT2D eigenvalue weighted by Crippen LogP contribution is -2.32. The fourth-order valence-electron chi connectivity index (χ4n) is 1.77. The second kappa shape index (κ2) is 6.65. The van der Waals surface area contributed by atoms with Gasteiger partial charge in [0.15, 0.2) is 5.69 Å². The molecule has 1 aromatic carbocycles. The maximum atomic E-state index is 11.9. The SMILES string of the molecule is CCC(CNC(=O)c1cnn(-c2ccccc2)n1)C(=O)O. The van der Waals surface area contributed by atoms with Gasteiger partial charge in [0.25, 0.3) is 5.91 Å². The molecule has 1 aromatic heterocycles. The Kier molecular flexibility index (Phi) is 4.65. The molecule has 0 bridgehead atoms. The van der Waals surface area contributed by atoms with E-state index in [1.165, 1.54) is 11.0 Å². The van der Waals surface area contributed by atoms with Crippen LogP contribution in [0.1, 0.15) is 23.8 Å². The van der Waals surface area contributed by atoms with E-state index in [2.05, 4.69) is 15.5 Å². The van der Waals surface area contributed by atoms with E-state index in [-0.39, 0.29) is 12.2 Å². The highest BCUT2D eigenvalue weighted by Crippen LogP contribution is 2.05. The topological polar surface area (TPSA) is 97.1 Å². The van der Waals surface area contributed by atoms with Crippen molar-refractivity contribution >= 4 is 11.9 Å². The van der Waals surface area contributed by atoms with Crippen molar-refractivity contribution in [1.29, 1.82) is 0 Å². The summed E-state index contributed by atoms with van der Waals surface area (Å²) < 4.78 is 0. The van der Waals surface area contributed by atoms with Crippen LogP contribution in [0.25, 0.3) is 5.69 Å². The van der Waals surface area contributed by atoms with Gasteiger partial charge in [0.05, 0.1) is 17.8 Å². The van der Waals surface area contributed by atoms with Crippen molar-refractivity contribution in [2.45, 2.75) is 13.3 Å². The summed E-state index contributed by atoms with van der Waals surface area (Å²) in [6.45, 7) is 1.83. The van der Waals surface area contributed by atoms with Gasteiger partial charge in [-0.05, 0) is 18.6 Å². The Labute approximate surface area is 121 Å². The first-order chi connectivity index (χ1) is 10.1. The van der Waals surface area contributed by atoms with E-state index in [4.69, 9.17) is 5.11 Å². The van der Waals surface area contributed by atoms with E-state index in [0.29, 0.717) is 6.42 Å². The lowest BCUT2D eigenvalue weighted by molar-refractivity contribution is -0.141. The van der Waals surface area contributed by atoms with E-state index in [9.17, 15) is 9.59 Å². The van der Waals surface area contributed by atoms with Gasteiger partial charge in [-0.1, -0.05) is 25.1 Å². The standard InChI is InChI=1S/C14H16N4O3/c1-2-10(14(20)21)8-15-13(19)12-9-16-18(17-12)11-6-4-3-5-7-11/h3-7,9-10H,2,8H2,1H3,(H,15,19)(H,20,21). The van der Waals surface area contributed by atoms with E-state index >= 15 is 0 Å². The second-order valence-electron chi connectivity index (χ2n) is 4.51. The van der Waals surface area contributed by atoms with Crippen molar-refractivity contribution in [3.8, 4) is 5.69 Å². The van der Waals surface area contributed by atoms with Gasteiger partial charge in [-0.2, -0.15) is 9.90 Å². The number of hydrogen-bond acceptors (Lipinski definition) is 4. The second-order valence-corrected chi connectivity index (χ2v) is 4.51. The van der Waals surface area contributed by atoms with Crippen molar-refractivity contribution < 1.29 is 14.7 Å². The molecule has 7 heteroatoms. The van der Waals surface area contributed by atoms with E-state index < -0.39 is 17.8 Å². The van der Waals surface area contributed by atoms with Crippen LogP contribution in [0.5, 0.6) is 0 Å². The maximum Gasteiger partial charge on any atom is 0.308 e. The predicted molar refractivity (Wildman–Crippen MR) is 75.1 cm³/mol. The van der Waals surface area contributed by atoms with Gasteiger partial charge in [0.2, 0.25) is 0 Å². The molecule has 21 heavy (non-hydrogen) atoms. The summed E-state index contributed by atoms with van der Waals surface area (Å²) in [5.41, 5.74) is 0.896. The number of carboxylic acids is 1. The van der Waals surface area contributed by atoms with Crippen molar-refractivity contribution in [1.82, 2.24) is 20.3 Å². The maximum absolute atomic E-state index is 11.9. The third-order valence-electron chi connectivity index (χ3n) is 3.06. The highest BCUT2D eigenvalue weighted by Gasteiger charge is 2.18. The van der Waals surface area contributed by atoms with Gasteiger partial charge < -0.3 is 10.4 Å². The summed E-state index contributed by atoms with van der Waals surface area (Å²) in [7, 11) is 0. The average Bonchev–Trinajstić information content (AvgIpc) is 2.98. The third-order valence-corrected chi connectivity index (χ3v) is 3.06. The number of aliphatic carboxylic acids is 1. The van der Waals surface area contributed by atoms with Crippen LogP contribution in [0.15, 0.2) is 36.5 Å². The first-order valence-corrected chi connectivity index (χ1v) is 6.60. The average molecular weight is 288 g/mol. The van der Waals surface area contributed by atoms with Crippen LogP contribution >= 0.6 is 0 Å². The van der Waals surface area contributed by atoms with Gasteiger partial charge in [0.1, 0.15) is 0 Å². The van der Waals surface area contributed by atoms with Crippen molar-refractivity contribution in [3.63, 3.8) is 0 Å². The Morgan fingerprint density at radius 1 is 1.33 bits per heavy atom. The number of carbonyl (C=O) groups excluding carboxylic acids is 1. The quantitative estimate of drug-likeness (QED) is 0.829. The molecule has 2 N–H and O–H groups in total. The van der Waals surface area contributed by atoms with Crippen LogP contribution in [0.2, 0.25) is 0 Å². The van der Waals surface area contributed by atoms with Crippen LogP contribution in [0, 0.1) is 5.92 Å². The zero-order chi connectivity index (χ0) is 15.2. The number of nitrogens with zero attached hydrogens (tertiary/aromatic N) is 3. The molecule has 0 fully saturated rings. The van der Waals surface area contributed by atoms with Crippen LogP contribution in [-0.4, -0.2) is 38.5 Å². The number of aromatic nitrogens is 3. The molecule has 0 aliphatic rings. The molecule has 7 nitrogen and oxygen atoms in total. The third kappa shape index (κ3) is 3.65. The van der Waals surface area contributed by atoms with Crippen LogP contribution in [0.4, 0.5) is 0 Å². The normalized spacial score (nSPS) is 11.9. The molecule has 0 spiro atoms. The first kappa shape index (κ1) is 14.7.